The van der Waals surface area contributed by atoms with Gasteiger partial charge in [0.25, 0.3) is 5.91 Å². The molecule has 2 amide bonds. The predicted octanol–water partition coefficient (Wildman–Crippen LogP) is 5.91. The van der Waals surface area contributed by atoms with Gasteiger partial charge < -0.3 is 10.1 Å². The lowest BCUT2D eigenvalue weighted by atomic mass is 10.2. The zero-order chi connectivity index (χ0) is 23.4. The third-order valence-corrected chi connectivity index (χ3v) is 7.11. The maximum absolute atomic E-state index is 13.4. The molecule has 0 saturated heterocycles. The minimum atomic E-state index is -0.267. The molecule has 1 aliphatic heterocycles. The Bertz CT molecular complexity index is 1250. The van der Waals surface area contributed by atoms with Gasteiger partial charge in [-0.15, -0.1) is 0 Å². The first-order valence-corrected chi connectivity index (χ1v) is 12.1. The lowest BCUT2D eigenvalue weighted by molar-refractivity contribution is -0.122. The molecule has 0 aromatic heterocycles. The summed E-state index contributed by atoms with van der Waals surface area (Å²) in [4.78, 5) is 29.1. The van der Waals surface area contributed by atoms with Gasteiger partial charge in [0.15, 0.2) is 0 Å². The maximum Gasteiger partial charge on any atom is 0.265 e. The van der Waals surface area contributed by atoms with Crippen molar-refractivity contribution in [3.63, 3.8) is 0 Å². The van der Waals surface area contributed by atoms with Gasteiger partial charge in [0.2, 0.25) is 5.91 Å². The summed E-state index contributed by atoms with van der Waals surface area (Å²) in [6.45, 7) is 0.198. The van der Waals surface area contributed by atoms with Gasteiger partial charge in [-0.05, 0) is 63.5 Å². The van der Waals surface area contributed by atoms with E-state index in [9.17, 15) is 9.59 Å². The smallest absolute Gasteiger partial charge is 0.265 e. The number of carbonyl (C=O) groups is 2. The number of carbonyl (C=O) groups excluding carboxylic acids is 2. The highest BCUT2D eigenvalue weighted by molar-refractivity contribution is 9.10. The lowest BCUT2D eigenvalue weighted by Crippen LogP contribution is -2.42. The third kappa shape index (κ3) is 5.43. The minimum Gasteiger partial charge on any atom is -0.496 e. The molecule has 0 atom stereocenters. The zero-order valence-electron chi connectivity index (χ0n) is 17.7. The van der Waals surface area contributed by atoms with Gasteiger partial charge in [-0.25, -0.2) is 0 Å². The van der Waals surface area contributed by atoms with Crippen LogP contribution in [0.5, 0.6) is 5.75 Å². The van der Waals surface area contributed by atoms with E-state index >= 15 is 0 Å². The quantitative estimate of drug-likeness (QED) is 0.393. The van der Waals surface area contributed by atoms with Crippen molar-refractivity contribution in [1.29, 1.82) is 0 Å². The Morgan fingerprint density at radius 1 is 1.15 bits per heavy atom. The molecule has 0 fully saturated rings. The van der Waals surface area contributed by atoms with E-state index in [1.807, 2.05) is 66.7 Å². The van der Waals surface area contributed by atoms with Crippen LogP contribution in [-0.2, 0) is 16.1 Å². The zero-order valence-corrected chi connectivity index (χ0v) is 20.8. The molecule has 4 rings (SSSR count). The van der Waals surface area contributed by atoms with E-state index in [-0.39, 0.29) is 18.4 Å². The van der Waals surface area contributed by atoms with E-state index < -0.39 is 0 Å². The van der Waals surface area contributed by atoms with Crippen LogP contribution in [0.1, 0.15) is 11.1 Å². The predicted molar refractivity (Wildman–Crippen MR) is 137 cm³/mol. The molecule has 0 spiro atoms. The SMILES string of the molecule is COc1ccc(/C=C2/Sc3ccccc3N(CC(=O)NCc3ccccc3Cl)C2=O)cc1Br. The van der Waals surface area contributed by atoms with Gasteiger partial charge in [-0.1, -0.05) is 59.8 Å². The number of fused-ring (bicyclic) bond motifs is 1. The molecule has 1 heterocycles. The lowest BCUT2D eigenvalue weighted by Gasteiger charge is -2.29. The van der Waals surface area contributed by atoms with Crippen LogP contribution in [0.3, 0.4) is 0 Å². The van der Waals surface area contributed by atoms with Crippen molar-refractivity contribution in [3.8, 4) is 5.75 Å². The Labute approximate surface area is 209 Å². The standard InChI is InChI=1S/C25H20BrClN2O3S/c1-32-21-11-10-16(12-18(21)26)13-23-25(31)29(20-8-4-5-9-22(20)33-23)15-24(30)28-14-17-6-2-3-7-19(17)27/h2-13H,14-15H2,1H3,(H,28,30)/b23-13+. The molecule has 0 aliphatic carbocycles. The van der Waals surface area contributed by atoms with Gasteiger partial charge in [-0.3, -0.25) is 14.5 Å². The average molecular weight is 544 g/mol. The van der Waals surface area contributed by atoms with Crippen LogP contribution in [0.15, 0.2) is 81.0 Å². The van der Waals surface area contributed by atoms with Gasteiger partial charge in [0.1, 0.15) is 12.3 Å². The van der Waals surface area contributed by atoms with E-state index in [1.54, 1.807) is 13.2 Å². The van der Waals surface area contributed by atoms with Crippen LogP contribution in [0.25, 0.3) is 6.08 Å². The first-order valence-electron chi connectivity index (χ1n) is 10.1. The molecule has 1 N–H and O–H groups in total. The van der Waals surface area contributed by atoms with Gasteiger partial charge >= 0.3 is 0 Å². The number of anilines is 1. The second-order valence-corrected chi connectivity index (χ2v) is 9.58. The van der Waals surface area contributed by atoms with Gasteiger partial charge in [-0.2, -0.15) is 0 Å². The highest BCUT2D eigenvalue weighted by Gasteiger charge is 2.30. The summed E-state index contributed by atoms with van der Waals surface area (Å²) in [6, 6.07) is 20.5. The number of nitrogens with one attached hydrogen (secondary N) is 1. The molecule has 3 aromatic rings. The van der Waals surface area contributed by atoms with Crippen molar-refractivity contribution in [2.24, 2.45) is 0 Å². The van der Waals surface area contributed by atoms with Crippen molar-refractivity contribution in [2.45, 2.75) is 11.4 Å². The highest BCUT2D eigenvalue weighted by Crippen LogP contribution is 2.42. The summed E-state index contributed by atoms with van der Waals surface area (Å²) >= 11 is 11.1. The van der Waals surface area contributed by atoms with Crippen molar-refractivity contribution >= 4 is 62.9 Å². The van der Waals surface area contributed by atoms with E-state index in [4.69, 9.17) is 16.3 Å². The summed E-state index contributed by atoms with van der Waals surface area (Å²) in [7, 11) is 1.60. The molecule has 0 saturated carbocycles. The van der Waals surface area contributed by atoms with Crippen LogP contribution >= 0.6 is 39.3 Å². The van der Waals surface area contributed by atoms with E-state index in [2.05, 4.69) is 21.2 Å². The number of ether oxygens (including phenoxy) is 1. The molecule has 0 radical (unpaired) electrons. The number of rotatable bonds is 6. The first-order chi connectivity index (χ1) is 16.0. The monoisotopic (exact) mass is 542 g/mol. The van der Waals surface area contributed by atoms with Crippen molar-refractivity contribution < 1.29 is 14.3 Å². The van der Waals surface area contributed by atoms with Crippen molar-refractivity contribution in [3.05, 3.63) is 92.3 Å². The Balaban J connectivity index is 1.56. The average Bonchev–Trinajstić information content (AvgIpc) is 2.81. The Morgan fingerprint density at radius 2 is 1.91 bits per heavy atom. The highest BCUT2D eigenvalue weighted by atomic mass is 79.9. The van der Waals surface area contributed by atoms with Crippen LogP contribution in [-0.4, -0.2) is 25.5 Å². The molecule has 168 valence electrons. The molecular weight excluding hydrogens is 524 g/mol. The number of methoxy groups -OCH3 is 1. The van der Waals surface area contributed by atoms with E-state index in [1.165, 1.54) is 16.7 Å². The Kier molecular flexibility index (Phi) is 7.42. The number of hydrogen-bond donors (Lipinski definition) is 1. The van der Waals surface area contributed by atoms with Crippen LogP contribution in [0, 0.1) is 0 Å². The third-order valence-electron chi connectivity index (χ3n) is 5.04. The normalized spacial score (nSPS) is 14.2. The number of amides is 2. The van der Waals surface area contributed by atoms with Gasteiger partial charge in [0, 0.05) is 16.5 Å². The number of halogens is 2. The second kappa shape index (κ2) is 10.5. The second-order valence-electron chi connectivity index (χ2n) is 7.23. The van der Waals surface area contributed by atoms with E-state index in [0.29, 0.717) is 27.9 Å². The molecule has 33 heavy (non-hydrogen) atoms. The van der Waals surface area contributed by atoms with Crippen LogP contribution in [0.4, 0.5) is 5.69 Å². The maximum atomic E-state index is 13.4. The number of para-hydroxylation sites is 1. The van der Waals surface area contributed by atoms with Crippen LogP contribution < -0.4 is 15.0 Å². The fraction of sp³-hybridized carbons (Fsp3) is 0.120. The Morgan fingerprint density at radius 3 is 2.67 bits per heavy atom. The number of benzene rings is 3. The molecule has 0 bridgehead atoms. The largest absolute Gasteiger partial charge is 0.496 e. The summed E-state index contributed by atoms with van der Waals surface area (Å²) in [6.07, 6.45) is 1.82. The molecule has 8 heteroatoms. The van der Waals surface area contributed by atoms with Gasteiger partial charge in [0.05, 0.1) is 22.2 Å². The number of nitrogens with zero attached hydrogens (tertiary/aromatic N) is 1. The molecule has 1 aliphatic rings. The topological polar surface area (TPSA) is 58.6 Å². The fourth-order valence-electron chi connectivity index (χ4n) is 3.38. The molecule has 3 aromatic carbocycles. The van der Waals surface area contributed by atoms with Crippen LogP contribution in [0.2, 0.25) is 5.02 Å². The number of hydrogen-bond acceptors (Lipinski definition) is 4. The Hall–Kier alpha value is -2.74. The fourth-order valence-corrected chi connectivity index (χ4v) is 5.20. The van der Waals surface area contributed by atoms with Crippen molar-refractivity contribution in [2.75, 3.05) is 18.6 Å². The summed E-state index contributed by atoms with van der Waals surface area (Å²) in [5, 5.41) is 3.45. The summed E-state index contributed by atoms with van der Waals surface area (Å²) in [5.41, 5.74) is 2.38. The minimum absolute atomic E-state index is 0.0928. The van der Waals surface area contributed by atoms with E-state index in [0.717, 1.165) is 20.5 Å². The summed E-state index contributed by atoms with van der Waals surface area (Å²) in [5.74, 6) is 0.219. The first kappa shape index (κ1) is 23.4. The number of thioether (sulfide) groups is 1. The molecular formula is C25H20BrClN2O3S. The van der Waals surface area contributed by atoms with Crippen molar-refractivity contribution in [1.82, 2.24) is 5.32 Å². The summed E-state index contributed by atoms with van der Waals surface area (Å²) < 4.78 is 6.08. The molecule has 5 nitrogen and oxygen atoms in total. The molecule has 0 unspecified atom stereocenters.